The topological polar surface area (TPSA) is 75.9 Å². The number of thioether (sulfide) groups is 1. The van der Waals surface area contributed by atoms with E-state index in [1.54, 1.807) is 16.7 Å². The monoisotopic (exact) mass is 400 g/mol. The number of pyridine rings is 1. The summed E-state index contributed by atoms with van der Waals surface area (Å²) in [7, 11) is 0. The smallest absolute Gasteiger partial charge is 0.411 e. The van der Waals surface area contributed by atoms with E-state index in [-0.39, 0.29) is 5.91 Å². The van der Waals surface area contributed by atoms with E-state index in [4.69, 9.17) is 4.74 Å². The number of imidazole rings is 1. The van der Waals surface area contributed by atoms with Crippen LogP contribution in [0.1, 0.15) is 56.2 Å². The number of amides is 2. The van der Waals surface area contributed by atoms with Gasteiger partial charge in [0.1, 0.15) is 17.4 Å². The zero-order valence-electron chi connectivity index (χ0n) is 16.3. The van der Waals surface area contributed by atoms with Crippen LogP contribution in [0.5, 0.6) is 0 Å². The van der Waals surface area contributed by atoms with E-state index in [1.165, 1.54) is 0 Å². The maximum absolute atomic E-state index is 13.0. The van der Waals surface area contributed by atoms with Crippen molar-refractivity contribution in [1.82, 2.24) is 19.6 Å². The Bertz CT molecular complexity index is 960. The number of hydrogen-bond donors (Lipinski definition) is 1. The second-order valence-corrected chi connectivity index (χ2v) is 8.91. The molecule has 0 saturated carbocycles. The highest BCUT2D eigenvalue weighted by atomic mass is 32.2. The predicted octanol–water partition coefficient (Wildman–Crippen LogP) is 3.89. The van der Waals surface area contributed by atoms with E-state index < -0.39 is 17.9 Å². The highest BCUT2D eigenvalue weighted by Gasteiger charge is 2.32. The van der Waals surface area contributed by atoms with Crippen LogP contribution < -0.4 is 5.32 Å². The SMILES string of the molecule is CC(C)(C)OC(=O)N1CCCCC1NC(=O)c1nc2cccc3n2c1C=CS3. The van der Waals surface area contributed by atoms with Gasteiger partial charge in [0.25, 0.3) is 5.91 Å². The lowest BCUT2D eigenvalue weighted by Gasteiger charge is -2.36. The van der Waals surface area contributed by atoms with Crippen LogP contribution in [0.2, 0.25) is 0 Å². The maximum atomic E-state index is 13.0. The molecule has 2 aromatic rings. The zero-order chi connectivity index (χ0) is 19.9. The van der Waals surface area contributed by atoms with Crippen molar-refractivity contribution in [3.8, 4) is 0 Å². The van der Waals surface area contributed by atoms with E-state index in [2.05, 4.69) is 10.3 Å². The number of carbonyl (C=O) groups is 2. The molecule has 1 fully saturated rings. The average Bonchev–Trinajstić information content (AvgIpc) is 3.02. The number of rotatable bonds is 2. The van der Waals surface area contributed by atoms with Crippen molar-refractivity contribution in [3.63, 3.8) is 0 Å². The first-order valence-electron chi connectivity index (χ1n) is 9.49. The number of hydrogen-bond acceptors (Lipinski definition) is 5. The lowest BCUT2D eigenvalue weighted by atomic mass is 10.1. The van der Waals surface area contributed by atoms with Crippen molar-refractivity contribution in [2.24, 2.45) is 0 Å². The minimum atomic E-state index is -0.576. The van der Waals surface area contributed by atoms with Crippen LogP contribution in [0.15, 0.2) is 28.6 Å². The fourth-order valence-corrected chi connectivity index (χ4v) is 4.30. The first-order valence-corrected chi connectivity index (χ1v) is 10.4. The summed E-state index contributed by atoms with van der Waals surface area (Å²) in [5, 5.41) is 5.98. The second kappa shape index (κ2) is 7.16. The van der Waals surface area contributed by atoms with Gasteiger partial charge >= 0.3 is 6.09 Å². The fraction of sp³-hybridized carbons (Fsp3) is 0.450. The molecule has 7 nitrogen and oxygen atoms in total. The number of aromatic nitrogens is 2. The first kappa shape index (κ1) is 18.9. The van der Waals surface area contributed by atoms with Crippen molar-refractivity contribution in [1.29, 1.82) is 0 Å². The number of nitrogens with one attached hydrogen (secondary N) is 1. The third-order valence-electron chi connectivity index (χ3n) is 4.70. The quantitative estimate of drug-likeness (QED) is 0.828. The molecule has 8 heteroatoms. The van der Waals surface area contributed by atoms with Crippen LogP contribution in [0, 0.1) is 0 Å². The Morgan fingerprint density at radius 1 is 1.29 bits per heavy atom. The molecule has 0 aliphatic carbocycles. The van der Waals surface area contributed by atoms with Crippen molar-refractivity contribution in [2.75, 3.05) is 6.54 Å². The molecule has 148 valence electrons. The van der Waals surface area contributed by atoms with E-state index in [9.17, 15) is 9.59 Å². The number of nitrogens with zero attached hydrogens (tertiary/aromatic N) is 3. The standard InChI is InChI=1S/C20H24N4O3S/c1-20(2,3)27-19(26)23-11-5-4-7-14(23)22-18(25)17-13-10-12-28-16-9-6-8-15(21-17)24(13)16/h6,8-10,12,14H,4-5,7,11H2,1-3H3,(H,22,25). The molecule has 4 rings (SSSR count). The Kier molecular flexibility index (Phi) is 4.82. The molecule has 1 unspecified atom stereocenters. The van der Waals surface area contributed by atoms with Gasteiger partial charge in [0.2, 0.25) is 0 Å². The van der Waals surface area contributed by atoms with Gasteiger partial charge in [-0.2, -0.15) is 0 Å². The van der Waals surface area contributed by atoms with Crippen LogP contribution in [-0.2, 0) is 4.74 Å². The number of likely N-dealkylation sites (tertiary alicyclic amines) is 1. The Hall–Kier alpha value is -2.48. The Morgan fingerprint density at radius 2 is 2.11 bits per heavy atom. The van der Waals surface area contributed by atoms with Gasteiger partial charge in [0.15, 0.2) is 5.69 Å². The molecule has 1 atom stereocenters. The summed E-state index contributed by atoms with van der Waals surface area (Å²) in [6.07, 6.45) is 3.66. The Morgan fingerprint density at radius 3 is 2.89 bits per heavy atom. The fourth-order valence-electron chi connectivity index (χ4n) is 3.51. The summed E-state index contributed by atoms with van der Waals surface area (Å²) in [6.45, 7) is 6.09. The molecule has 2 aromatic heterocycles. The van der Waals surface area contributed by atoms with Gasteiger partial charge < -0.3 is 10.1 Å². The van der Waals surface area contributed by atoms with E-state index in [0.29, 0.717) is 18.7 Å². The van der Waals surface area contributed by atoms with Crippen LogP contribution >= 0.6 is 11.8 Å². The first-order chi connectivity index (χ1) is 13.3. The summed E-state index contributed by atoms with van der Waals surface area (Å²) >= 11 is 1.59. The lowest BCUT2D eigenvalue weighted by Crippen LogP contribution is -2.54. The van der Waals surface area contributed by atoms with Gasteiger partial charge in [0.05, 0.1) is 10.7 Å². The Labute approximate surface area is 168 Å². The van der Waals surface area contributed by atoms with Gasteiger partial charge in [-0.3, -0.25) is 14.1 Å². The molecule has 2 aliphatic heterocycles. The van der Waals surface area contributed by atoms with E-state index in [0.717, 1.165) is 29.2 Å². The molecule has 2 aliphatic rings. The average molecular weight is 401 g/mol. The van der Waals surface area contributed by atoms with E-state index >= 15 is 0 Å². The molecule has 1 N–H and O–H groups in total. The van der Waals surface area contributed by atoms with Gasteiger partial charge in [-0.25, -0.2) is 9.78 Å². The predicted molar refractivity (Wildman–Crippen MR) is 108 cm³/mol. The van der Waals surface area contributed by atoms with Gasteiger partial charge in [0, 0.05) is 6.54 Å². The Balaban J connectivity index is 1.57. The second-order valence-electron chi connectivity index (χ2n) is 7.98. The molecule has 0 spiro atoms. The summed E-state index contributed by atoms with van der Waals surface area (Å²) in [5.41, 5.74) is 1.30. The zero-order valence-corrected chi connectivity index (χ0v) is 17.1. The summed E-state index contributed by atoms with van der Waals surface area (Å²) in [4.78, 5) is 31.8. The molecule has 1 saturated heterocycles. The summed E-state index contributed by atoms with van der Waals surface area (Å²) in [6, 6.07) is 5.82. The molecule has 0 bridgehead atoms. The van der Waals surface area contributed by atoms with Crippen LogP contribution in [0.3, 0.4) is 0 Å². The van der Waals surface area contributed by atoms with Gasteiger partial charge in [-0.15, -0.1) is 0 Å². The maximum Gasteiger partial charge on any atom is 0.411 e. The molecule has 2 amide bonds. The van der Waals surface area contributed by atoms with Crippen LogP contribution in [0.25, 0.3) is 11.7 Å². The molecule has 28 heavy (non-hydrogen) atoms. The molecular formula is C20H24N4O3S. The third kappa shape index (κ3) is 3.61. The largest absolute Gasteiger partial charge is 0.444 e. The summed E-state index contributed by atoms with van der Waals surface area (Å²) in [5.74, 6) is -0.276. The molecule has 0 radical (unpaired) electrons. The number of ether oxygens (including phenoxy) is 1. The number of carbonyl (C=O) groups excluding carboxylic acids is 2. The van der Waals surface area contributed by atoms with Crippen LogP contribution in [0.4, 0.5) is 4.79 Å². The van der Waals surface area contributed by atoms with Gasteiger partial charge in [-0.05, 0) is 63.7 Å². The van der Waals surface area contributed by atoms with Crippen molar-refractivity contribution in [3.05, 3.63) is 35.0 Å². The highest BCUT2D eigenvalue weighted by Crippen LogP contribution is 2.30. The normalized spacial score (nSPS) is 19.0. The third-order valence-corrected chi connectivity index (χ3v) is 5.53. The molecule has 0 aromatic carbocycles. The van der Waals surface area contributed by atoms with Crippen molar-refractivity contribution in [2.45, 2.75) is 56.8 Å². The highest BCUT2D eigenvalue weighted by molar-refractivity contribution is 8.02. The minimum absolute atomic E-state index is 0.276. The van der Waals surface area contributed by atoms with Crippen molar-refractivity contribution < 1.29 is 14.3 Å². The lowest BCUT2D eigenvalue weighted by molar-refractivity contribution is 0.00599. The minimum Gasteiger partial charge on any atom is -0.444 e. The van der Waals surface area contributed by atoms with Crippen LogP contribution in [-0.4, -0.2) is 44.6 Å². The number of piperidine rings is 1. The molecule has 4 heterocycles. The summed E-state index contributed by atoms with van der Waals surface area (Å²) < 4.78 is 7.49. The van der Waals surface area contributed by atoms with Gasteiger partial charge in [-0.1, -0.05) is 17.8 Å². The van der Waals surface area contributed by atoms with Crippen molar-refractivity contribution >= 4 is 35.5 Å². The van der Waals surface area contributed by atoms with E-state index in [1.807, 2.05) is 54.9 Å². The molecular weight excluding hydrogens is 376 g/mol.